The average Bonchev–Trinajstić information content (AvgIpc) is 2.64. The zero-order valence-electron chi connectivity index (χ0n) is 9.66. The lowest BCUT2D eigenvalue weighted by molar-refractivity contribution is 0.0804. The van der Waals surface area contributed by atoms with Gasteiger partial charge in [0.2, 0.25) is 11.2 Å². The van der Waals surface area contributed by atoms with E-state index in [1.54, 1.807) is 6.92 Å². The third kappa shape index (κ3) is 2.52. The lowest BCUT2D eigenvalue weighted by Crippen LogP contribution is -2.05. The minimum absolute atomic E-state index is 0.000255. The highest BCUT2D eigenvalue weighted by Crippen LogP contribution is 2.25. The number of benzene rings is 1. The minimum atomic E-state index is -0.597. The van der Waals surface area contributed by atoms with E-state index in [1.165, 1.54) is 24.3 Å². The normalized spacial score (nSPS) is 10.9. The molecule has 0 unspecified atom stereocenters. The van der Waals surface area contributed by atoms with E-state index >= 15 is 0 Å². The molecule has 0 bridgehead atoms. The van der Waals surface area contributed by atoms with Gasteiger partial charge in [-0.1, -0.05) is 0 Å². The van der Waals surface area contributed by atoms with Gasteiger partial charge >= 0.3 is 0 Å². The molecule has 0 aliphatic carbocycles. The molecule has 0 aliphatic heterocycles. The first-order chi connectivity index (χ1) is 8.63. The molecule has 0 saturated carbocycles. The van der Waals surface area contributed by atoms with Crippen LogP contribution in [0.4, 0.5) is 8.78 Å². The highest BCUT2D eigenvalue weighted by molar-refractivity contribution is 6.28. The van der Waals surface area contributed by atoms with E-state index in [1.807, 2.05) is 0 Å². The molecule has 1 aromatic carbocycles. The molecule has 18 heavy (non-hydrogen) atoms. The zero-order valence-corrected chi connectivity index (χ0v) is 10.4. The second-order valence-electron chi connectivity index (χ2n) is 3.58. The summed E-state index contributed by atoms with van der Waals surface area (Å²) in [5.74, 6) is -0.987. The summed E-state index contributed by atoms with van der Waals surface area (Å²) < 4.78 is 33.0. The van der Waals surface area contributed by atoms with Crippen LogP contribution in [-0.4, -0.2) is 16.2 Å². The van der Waals surface area contributed by atoms with Crippen LogP contribution in [0.25, 0.3) is 11.3 Å². The second kappa shape index (κ2) is 5.46. The summed E-state index contributed by atoms with van der Waals surface area (Å²) in [6, 6.07) is 5.37. The molecular weight excluding hydrogens is 262 g/mol. The third-order valence-electron chi connectivity index (χ3n) is 2.40. The van der Waals surface area contributed by atoms with Crippen molar-refractivity contribution in [3.05, 3.63) is 41.3 Å². The van der Waals surface area contributed by atoms with Crippen molar-refractivity contribution in [3.8, 4) is 11.3 Å². The van der Waals surface area contributed by atoms with Crippen LogP contribution in [0.3, 0.4) is 0 Å². The third-order valence-corrected chi connectivity index (χ3v) is 2.69. The summed E-state index contributed by atoms with van der Waals surface area (Å²) in [5.41, 5.74) is 0.547. The van der Waals surface area contributed by atoms with Gasteiger partial charge in [0, 0.05) is 12.2 Å². The molecule has 1 heterocycles. The van der Waals surface area contributed by atoms with E-state index in [4.69, 9.17) is 16.3 Å². The molecule has 0 fully saturated rings. The molecule has 1 aromatic heterocycles. The monoisotopic (exact) mass is 272 g/mol. The van der Waals surface area contributed by atoms with Gasteiger partial charge in [0.15, 0.2) is 0 Å². The lowest BCUT2D eigenvalue weighted by Gasteiger charge is -2.04. The van der Waals surface area contributed by atoms with Crippen LogP contribution in [0.15, 0.2) is 24.3 Å². The first-order valence-electron chi connectivity index (χ1n) is 5.38. The fourth-order valence-electron chi connectivity index (χ4n) is 1.49. The molecule has 0 spiro atoms. The maximum atomic E-state index is 14.0. The van der Waals surface area contributed by atoms with Crippen molar-refractivity contribution in [2.45, 2.75) is 13.7 Å². The van der Waals surface area contributed by atoms with Crippen LogP contribution >= 0.6 is 11.6 Å². The highest BCUT2D eigenvalue weighted by atomic mass is 35.5. The van der Waals surface area contributed by atoms with Gasteiger partial charge in [0.25, 0.3) is 0 Å². The molecule has 3 nitrogen and oxygen atoms in total. The predicted molar refractivity (Wildman–Crippen MR) is 64.2 cm³/mol. The fraction of sp³-hybridized carbons (Fsp3) is 0.250. The molecule has 2 aromatic rings. The zero-order chi connectivity index (χ0) is 13.1. The standard InChI is InChI=1S/C12H11ClF2N2O/c1-2-18-7-17-11(15)10(16-12(17)13)8-3-5-9(14)6-4-8/h3-6H,2,7H2,1H3. The van der Waals surface area contributed by atoms with Gasteiger partial charge in [-0.15, -0.1) is 0 Å². The Morgan fingerprint density at radius 2 is 1.94 bits per heavy atom. The summed E-state index contributed by atoms with van der Waals surface area (Å²) in [6.07, 6.45) is 0. The van der Waals surface area contributed by atoms with E-state index in [0.29, 0.717) is 12.2 Å². The number of halogens is 3. The predicted octanol–water partition coefficient (Wildman–Crippen LogP) is 3.48. The summed E-state index contributed by atoms with van der Waals surface area (Å²) >= 11 is 5.82. The Morgan fingerprint density at radius 1 is 1.28 bits per heavy atom. The summed E-state index contributed by atoms with van der Waals surface area (Å²) in [5, 5.41) is 0.000255. The molecule has 0 amide bonds. The van der Waals surface area contributed by atoms with Crippen molar-refractivity contribution < 1.29 is 13.5 Å². The molecular formula is C12H11ClF2N2O. The van der Waals surface area contributed by atoms with Crippen LogP contribution in [0.5, 0.6) is 0 Å². The Kier molecular flexibility index (Phi) is 3.93. The summed E-state index contributed by atoms with van der Waals surface area (Å²) in [6.45, 7) is 2.23. The van der Waals surface area contributed by atoms with E-state index in [-0.39, 0.29) is 23.5 Å². The van der Waals surface area contributed by atoms with Gasteiger partial charge < -0.3 is 4.74 Å². The van der Waals surface area contributed by atoms with Crippen molar-refractivity contribution in [2.75, 3.05) is 6.61 Å². The molecule has 6 heteroatoms. The van der Waals surface area contributed by atoms with Crippen molar-refractivity contribution in [1.29, 1.82) is 0 Å². The smallest absolute Gasteiger partial charge is 0.224 e. The Morgan fingerprint density at radius 3 is 2.56 bits per heavy atom. The minimum Gasteiger partial charge on any atom is -0.361 e. The molecule has 2 rings (SSSR count). The highest BCUT2D eigenvalue weighted by Gasteiger charge is 2.17. The van der Waals surface area contributed by atoms with Crippen LogP contribution in [0.1, 0.15) is 6.92 Å². The summed E-state index contributed by atoms with van der Waals surface area (Å²) in [7, 11) is 0. The van der Waals surface area contributed by atoms with Crippen molar-refractivity contribution in [3.63, 3.8) is 0 Å². The van der Waals surface area contributed by atoms with E-state index < -0.39 is 5.95 Å². The molecule has 0 atom stereocenters. The fourth-order valence-corrected chi connectivity index (χ4v) is 1.70. The molecule has 0 aliphatic rings. The maximum absolute atomic E-state index is 14.0. The first kappa shape index (κ1) is 13.0. The largest absolute Gasteiger partial charge is 0.361 e. The number of hydrogen-bond acceptors (Lipinski definition) is 2. The van der Waals surface area contributed by atoms with Crippen LogP contribution < -0.4 is 0 Å². The number of hydrogen-bond donors (Lipinski definition) is 0. The van der Waals surface area contributed by atoms with E-state index in [2.05, 4.69) is 4.98 Å². The Bertz CT molecular complexity index is 540. The quantitative estimate of drug-likeness (QED) is 0.852. The van der Waals surface area contributed by atoms with E-state index in [9.17, 15) is 8.78 Å². The number of rotatable bonds is 4. The molecule has 96 valence electrons. The number of imidazole rings is 1. The van der Waals surface area contributed by atoms with Crippen molar-refractivity contribution in [2.24, 2.45) is 0 Å². The Balaban J connectivity index is 2.37. The molecule has 0 radical (unpaired) electrons. The van der Waals surface area contributed by atoms with Gasteiger partial charge in [0.05, 0.1) is 0 Å². The van der Waals surface area contributed by atoms with E-state index in [0.717, 1.165) is 4.57 Å². The van der Waals surface area contributed by atoms with Crippen LogP contribution in [0.2, 0.25) is 5.28 Å². The SMILES string of the molecule is CCOCn1c(Cl)nc(-c2ccc(F)cc2)c1F. The van der Waals surface area contributed by atoms with Gasteiger partial charge in [0.1, 0.15) is 18.2 Å². The van der Waals surface area contributed by atoms with Gasteiger partial charge in [-0.05, 0) is 42.8 Å². The number of aromatic nitrogens is 2. The lowest BCUT2D eigenvalue weighted by atomic mass is 10.2. The Labute approximate surface area is 108 Å². The summed E-state index contributed by atoms with van der Waals surface area (Å²) in [4.78, 5) is 3.91. The van der Waals surface area contributed by atoms with Crippen molar-refractivity contribution in [1.82, 2.24) is 9.55 Å². The van der Waals surface area contributed by atoms with Crippen LogP contribution in [-0.2, 0) is 11.5 Å². The first-order valence-corrected chi connectivity index (χ1v) is 5.76. The number of nitrogens with zero attached hydrogens (tertiary/aromatic N) is 2. The van der Waals surface area contributed by atoms with Gasteiger partial charge in [-0.2, -0.15) is 4.39 Å². The average molecular weight is 273 g/mol. The topological polar surface area (TPSA) is 27.1 Å². The van der Waals surface area contributed by atoms with Crippen LogP contribution in [0, 0.1) is 11.8 Å². The molecule has 0 saturated heterocycles. The molecule has 0 N–H and O–H groups in total. The van der Waals surface area contributed by atoms with Crippen molar-refractivity contribution >= 4 is 11.6 Å². The Hall–Kier alpha value is -1.46. The number of ether oxygens (including phenoxy) is 1. The van der Waals surface area contributed by atoms with Gasteiger partial charge in [-0.3, -0.25) is 4.57 Å². The second-order valence-corrected chi connectivity index (χ2v) is 3.92. The maximum Gasteiger partial charge on any atom is 0.224 e. The van der Waals surface area contributed by atoms with Gasteiger partial charge in [-0.25, -0.2) is 9.37 Å².